The van der Waals surface area contributed by atoms with E-state index in [-0.39, 0.29) is 29.7 Å². The van der Waals surface area contributed by atoms with Gasteiger partial charge in [0, 0.05) is 25.1 Å². The quantitative estimate of drug-likeness (QED) is 0.606. The van der Waals surface area contributed by atoms with Gasteiger partial charge in [0.15, 0.2) is 11.2 Å². The molecule has 0 bridgehead atoms. The van der Waals surface area contributed by atoms with Gasteiger partial charge in [0.2, 0.25) is 0 Å². The second-order valence-electron chi connectivity index (χ2n) is 7.43. The molecule has 3 atom stereocenters. The highest BCUT2D eigenvalue weighted by molar-refractivity contribution is 7.17. The van der Waals surface area contributed by atoms with E-state index in [1.807, 2.05) is 13.8 Å². The number of amides is 1. The monoisotopic (exact) mass is 437 g/mol. The van der Waals surface area contributed by atoms with Gasteiger partial charge in [-0.2, -0.15) is 5.26 Å². The summed E-state index contributed by atoms with van der Waals surface area (Å²) in [6, 6.07) is 7.23. The molecule has 1 aromatic carbocycles. The third-order valence-electron chi connectivity index (χ3n) is 5.32. The van der Waals surface area contributed by atoms with Gasteiger partial charge >= 0.3 is 0 Å². The lowest BCUT2D eigenvalue weighted by molar-refractivity contribution is 0.0923. The van der Waals surface area contributed by atoms with Gasteiger partial charge in [0.25, 0.3) is 5.91 Å². The Hall–Kier alpha value is -3.51. The minimum absolute atomic E-state index is 0.0718. The molecule has 158 valence electrons. The van der Waals surface area contributed by atoms with Crippen molar-refractivity contribution in [3.8, 4) is 28.1 Å². The molecular formula is C22H20FN5O2S. The Morgan fingerprint density at radius 3 is 2.77 bits per heavy atom. The van der Waals surface area contributed by atoms with E-state index in [9.17, 15) is 14.4 Å². The van der Waals surface area contributed by atoms with Crippen LogP contribution in [-0.2, 0) is 0 Å². The van der Waals surface area contributed by atoms with Crippen LogP contribution in [0.25, 0.3) is 10.4 Å². The van der Waals surface area contributed by atoms with Crippen molar-refractivity contribution < 1.29 is 13.9 Å². The molecule has 1 saturated heterocycles. The number of nitriles is 1. The lowest BCUT2D eigenvalue weighted by Gasteiger charge is -2.21. The van der Waals surface area contributed by atoms with E-state index < -0.39 is 0 Å². The molecule has 3 heterocycles. The molecule has 2 aromatic heterocycles. The van der Waals surface area contributed by atoms with Crippen LogP contribution in [0, 0.1) is 23.2 Å². The first-order valence-corrected chi connectivity index (χ1v) is 10.6. The number of carbonyl (C=O) groups is 1. The smallest absolute Gasteiger partial charge is 0.280 e. The molecule has 1 fully saturated rings. The summed E-state index contributed by atoms with van der Waals surface area (Å²) in [5.41, 5.74) is 0.682. The zero-order valence-corrected chi connectivity index (χ0v) is 17.8. The van der Waals surface area contributed by atoms with Gasteiger partial charge in [-0.3, -0.25) is 9.78 Å². The number of ether oxygens (including phenoxy) is 1. The maximum atomic E-state index is 13.2. The largest absolute Gasteiger partial charge is 0.457 e. The Bertz CT molecular complexity index is 1130. The van der Waals surface area contributed by atoms with Crippen molar-refractivity contribution in [2.24, 2.45) is 5.92 Å². The first-order valence-electron chi connectivity index (χ1n) is 9.77. The summed E-state index contributed by atoms with van der Waals surface area (Å²) in [5, 5.41) is 12.6. The fraction of sp³-hybridized carbons (Fsp3) is 0.273. The molecule has 2 unspecified atom stereocenters. The average molecular weight is 438 g/mol. The van der Waals surface area contributed by atoms with E-state index in [4.69, 9.17) is 4.74 Å². The van der Waals surface area contributed by atoms with Gasteiger partial charge in [0.1, 0.15) is 17.3 Å². The second-order valence-corrected chi connectivity index (χ2v) is 8.46. The van der Waals surface area contributed by atoms with Crippen LogP contribution in [-0.4, -0.2) is 39.4 Å². The van der Waals surface area contributed by atoms with Crippen LogP contribution < -0.4 is 10.1 Å². The van der Waals surface area contributed by atoms with Gasteiger partial charge in [-0.25, -0.2) is 9.37 Å². The highest BCUT2D eigenvalue weighted by Crippen LogP contribution is 2.35. The summed E-state index contributed by atoms with van der Waals surface area (Å²) in [7, 11) is 0. The van der Waals surface area contributed by atoms with Crippen LogP contribution in [0.3, 0.4) is 0 Å². The number of aromatic nitrogens is 2. The number of pyridine rings is 1. The van der Waals surface area contributed by atoms with E-state index >= 15 is 0 Å². The minimum Gasteiger partial charge on any atom is -0.457 e. The lowest BCUT2D eigenvalue weighted by Crippen LogP contribution is -2.44. The van der Waals surface area contributed by atoms with Gasteiger partial charge in [-0.1, -0.05) is 6.92 Å². The number of nitrogens with one attached hydrogen (secondary N) is 1. The lowest BCUT2D eigenvalue weighted by atomic mass is 10.0. The zero-order chi connectivity index (χ0) is 22.0. The Morgan fingerprint density at radius 1 is 1.29 bits per heavy atom. The molecule has 0 saturated carbocycles. The van der Waals surface area contributed by atoms with Crippen LogP contribution in [0.2, 0.25) is 0 Å². The molecule has 4 rings (SSSR count). The van der Waals surface area contributed by atoms with Crippen LogP contribution in [0.4, 0.5) is 4.39 Å². The zero-order valence-electron chi connectivity index (χ0n) is 16.9. The summed E-state index contributed by atoms with van der Waals surface area (Å²) in [4.78, 5) is 23.6. The first-order chi connectivity index (χ1) is 15.0. The fourth-order valence-electron chi connectivity index (χ4n) is 3.66. The fourth-order valence-corrected chi connectivity index (χ4v) is 4.49. The number of benzene rings is 1. The van der Waals surface area contributed by atoms with Crippen molar-refractivity contribution in [1.82, 2.24) is 20.2 Å². The number of thiazole rings is 1. The molecule has 1 N–H and O–H groups in total. The topological polar surface area (TPSA) is 91.1 Å². The predicted molar refractivity (Wildman–Crippen MR) is 114 cm³/mol. The molecular weight excluding hydrogens is 417 g/mol. The summed E-state index contributed by atoms with van der Waals surface area (Å²) in [5.74, 6) is 0.559. The number of likely N-dealkylation sites (tertiary alicyclic amines) is 1. The highest BCUT2D eigenvalue weighted by Gasteiger charge is 2.37. The van der Waals surface area contributed by atoms with E-state index in [1.165, 1.54) is 23.5 Å². The third kappa shape index (κ3) is 4.34. The number of hydrogen-bond acceptors (Lipinski definition) is 7. The standard InChI is InChI=1S/C22H20FN5O2S/c1-13-11-28(12-24)14(2)20(13)27-21(29)22-26-10-19(31-22)17-9-25-8-7-18(17)30-16-5-3-15(23)4-6-16/h3-10,13-14,20H,11H2,1-2H3,(H,27,29)/t13?,14?,20-/m1/s1. The molecule has 1 aliphatic rings. The van der Waals surface area contributed by atoms with E-state index in [1.54, 1.807) is 41.7 Å². The Balaban J connectivity index is 1.52. The molecule has 7 nitrogen and oxygen atoms in total. The van der Waals surface area contributed by atoms with Crippen LogP contribution in [0.1, 0.15) is 23.6 Å². The molecule has 9 heteroatoms. The van der Waals surface area contributed by atoms with E-state index in [2.05, 4.69) is 21.5 Å². The summed E-state index contributed by atoms with van der Waals surface area (Å²) >= 11 is 1.23. The van der Waals surface area contributed by atoms with Gasteiger partial charge < -0.3 is 15.0 Å². The number of rotatable bonds is 5. The SMILES string of the molecule is CC1CN(C#N)C(C)[C@@H]1NC(=O)c1ncc(-c2cnccc2Oc2ccc(F)cc2)s1. The average Bonchev–Trinajstić information content (AvgIpc) is 3.36. The van der Waals surface area contributed by atoms with Gasteiger partial charge in [-0.15, -0.1) is 11.3 Å². The molecule has 0 aliphatic carbocycles. The number of nitrogens with zero attached hydrogens (tertiary/aromatic N) is 4. The van der Waals surface area contributed by atoms with Crippen LogP contribution >= 0.6 is 11.3 Å². The van der Waals surface area contributed by atoms with Gasteiger partial charge in [0.05, 0.1) is 22.5 Å². The number of halogens is 1. The number of carbonyl (C=O) groups excluding carboxylic acids is 1. The summed E-state index contributed by atoms with van der Waals surface area (Å²) < 4.78 is 19.0. The molecule has 0 radical (unpaired) electrons. The van der Waals surface area contributed by atoms with Crippen molar-refractivity contribution >= 4 is 17.2 Å². The van der Waals surface area contributed by atoms with Crippen molar-refractivity contribution in [2.75, 3.05) is 6.54 Å². The van der Waals surface area contributed by atoms with Gasteiger partial charge in [-0.05, 0) is 43.2 Å². The van der Waals surface area contributed by atoms with E-state index in [0.29, 0.717) is 28.6 Å². The Morgan fingerprint density at radius 2 is 2.06 bits per heavy atom. The molecule has 1 aliphatic heterocycles. The number of hydrogen-bond donors (Lipinski definition) is 1. The summed E-state index contributed by atoms with van der Waals surface area (Å²) in [6.45, 7) is 4.56. The van der Waals surface area contributed by atoms with Crippen LogP contribution in [0.15, 0.2) is 48.9 Å². The van der Waals surface area contributed by atoms with Crippen LogP contribution in [0.5, 0.6) is 11.5 Å². The molecule has 0 spiro atoms. The normalized spacial score (nSPS) is 20.3. The molecule has 31 heavy (non-hydrogen) atoms. The highest BCUT2D eigenvalue weighted by atomic mass is 32.1. The Kier molecular flexibility index (Phi) is 5.82. The van der Waals surface area contributed by atoms with Crippen molar-refractivity contribution in [1.29, 1.82) is 5.26 Å². The third-order valence-corrected chi connectivity index (χ3v) is 6.35. The van der Waals surface area contributed by atoms with E-state index in [0.717, 1.165) is 4.88 Å². The maximum absolute atomic E-state index is 13.2. The maximum Gasteiger partial charge on any atom is 0.280 e. The first kappa shape index (κ1) is 20.8. The Labute approximate surface area is 183 Å². The second kappa shape index (κ2) is 8.70. The van der Waals surface area contributed by atoms with Crippen molar-refractivity contribution in [3.63, 3.8) is 0 Å². The minimum atomic E-state index is -0.343. The molecule has 1 amide bonds. The molecule has 3 aromatic rings. The van der Waals surface area contributed by atoms with Crippen molar-refractivity contribution in [3.05, 3.63) is 59.7 Å². The van der Waals surface area contributed by atoms with Crippen molar-refractivity contribution in [2.45, 2.75) is 25.9 Å². The predicted octanol–water partition coefficient (Wildman–Crippen LogP) is 4.06. The summed E-state index contributed by atoms with van der Waals surface area (Å²) in [6.07, 6.45) is 7.01.